The second-order valence-electron chi connectivity index (χ2n) is 11.4. The number of carbonyl (C=O) groups is 4. The van der Waals surface area contributed by atoms with Crippen molar-refractivity contribution in [3.63, 3.8) is 0 Å². The number of unbranched alkanes of at least 4 members (excludes halogenated alkanes) is 15. The maximum atomic E-state index is 13.0. The van der Waals surface area contributed by atoms with E-state index in [-0.39, 0.29) is 19.8 Å². The standard InChI is InChI=1S/C34H54N2O6/c1-4-6-7-8-9-10-11-12-13-14-15-16-17-18-19-22-25-41-26-29(27-42-34(40)35(5-2)28(3)37)36-32(38)30-23-20-21-24-31(30)33(36)39/h20-21,23-24,29H,4-19,22,25-27H2,1-3H3. The van der Waals surface area contributed by atoms with Gasteiger partial charge in [-0.25, -0.2) is 9.69 Å². The molecule has 0 aromatic heterocycles. The fraction of sp³-hybridized carbons (Fsp3) is 0.706. The van der Waals surface area contributed by atoms with Crippen molar-refractivity contribution in [2.45, 2.75) is 130 Å². The predicted octanol–water partition coefficient (Wildman–Crippen LogP) is 7.93. The second kappa shape index (κ2) is 21.0. The molecule has 42 heavy (non-hydrogen) atoms. The maximum absolute atomic E-state index is 13.0. The molecule has 1 atom stereocenters. The molecule has 8 heteroatoms. The Morgan fingerprint density at radius 2 is 1.17 bits per heavy atom. The summed E-state index contributed by atoms with van der Waals surface area (Å²) in [6, 6.07) is 5.87. The molecule has 1 aliphatic rings. The van der Waals surface area contributed by atoms with Gasteiger partial charge in [-0.15, -0.1) is 0 Å². The molecule has 0 radical (unpaired) electrons. The molecule has 1 heterocycles. The Bertz CT molecular complexity index is 930. The smallest absolute Gasteiger partial charge is 0.416 e. The zero-order valence-corrected chi connectivity index (χ0v) is 26.4. The van der Waals surface area contributed by atoms with Gasteiger partial charge >= 0.3 is 6.09 Å². The summed E-state index contributed by atoms with van der Waals surface area (Å²) in [6.45, 7) is 5.71. The molecule has 2 rings (SSSR count). The van der Waals surface area contributed by atoms with Crippen LogP contribution in [0.4, 0.5) is 4.79 Å². The van der Waals surface area contributed by atoms with Crippen molar-refractivity contribution in [1.82, 2.24) is 9.80 Å². The minimum atomic E-state index is -0.801. The number of nitrogens with zero attached hydrogens (tertiary/aromatic N) is 2. The fourth-order valence-electron chi connectivity index (χ4n) is 5.43. The van der Waals surface area contributed by atoms with E-state index in [0.29, 0.717) is 17.7 Å². The summed E-state index contributed by atoms with van der Waals surface area (Å²) in [5.74, 6) is -1.29. The van der Waals surface area contributed by atoms with Crippen molar-refractivity contribution in [1.29, 1.82) is 0 Å². The monoisotopic (exact) mass is 586 g/mol. The first-order chi connectivity index (χ1) is 20.4. The minimum absolute atomic E-state index is 0.0592. The SMILES string of the molecule is CCCCCCCCCCCCCCCCCCOCC(COC(=O)N(CC)C(C)=O)N1C(=O)c2ccccc2C1=O. The van der Waals surface area contributed by atoms with E-state index in [4.69, 9.17) is 9.47 Å². The molecule has 1 aromatic rings. The minimum Gasteiger partial charge on any atom is -0.447 e. The molecule has 0 saturated heterocycles. The van der Waals surface area contributed by atoms with Crippen LogP contribution in [0, 0.1) is 0 Å². The summed E-state index contributed by atoms with van der Waals surface area (Å²) in [4.78, 5) is 52.3. The van der Waals surface area contributed by atoms with Gasteiger partial charge in [0.1, 0.15) is 6.61 Å². The summed E-state index contributed by atoms with van der Waals surface area (Å²) in [6.07, 6.45) is 19.9. The van der Waals surface area contributed by atoms with Gasteiger partial charge in [0.15, 0.2) is 0 Å². The van der Waals surface area contributed by atoms with Crippen LogP contribution in [0.3, 0.4) is 0 Å². The van der Waals surface area contributed by atoms with Gasteiger partial charge in [-0.1, -0.05) is 115 Å². The number of ether oxygens (including phenoxy) is 2. The van der Waals surface area contributed by atoms with Gasteiger partial charge in [0, 0.05) is 20.1 Å². The lowest BCUT2D eigenvalue weighted by atomic mass is 10.0. The summed E-state index contributed by atoms with van der Waals surface area (Å²) < 4.78 is 11.2. The van der Waals surface area contributed by atoms with Gasteiger partial charge in [-0.2, -0.15) is 0 Å². The molecule has 0 spiro atoms. The van der Waals surface area contributed by atoms with E-state index in [1.54, 1.807) is 31.2 Å². The molecule has 0 N–H and O–H groups in total. The Morgan fingerprint density at radius 1 is 0.714 bits per heavy atom. The quantitative estimate of drug-likeness (QED) is 0.0955. The van der Waals surface area contributed by atoms with Crippen molar-refractivity contribution >= 4 is 23.8 Å². The van der Waals surface area contributed by atoms with Crippen molar-refractivity contribution in [2.75, 3.05) is 26.4 Å². The summed E-state index contributed by atoms with van der Waals surface area (Å²) in [5, 5.41) is 0. The van der Waals surface area contributed by atoms with E-state index in [0.717, 1.165) is 22.6 Å². The van der Waals surface area contributed by atoms with Crippen molar-refractivity contribution < 1.29 is 28.7 Å². The van der Waals surface area contributed by atoms with Crippen molar-refractivity contribution in [2.24, 2.45) is 0 Å². The lowest BCUT2D eigenvalue weighted by Gasteiger charge is -2.27. The number of amides is 4. The molecule has 0 fully saturated rings. The second-order valence-corrected chi connectivity index (χ2v) is 11.4. The van der Waals surface area contributed by atoms with E-state index >= 15 is 0 Å². The number of rotatable bonds is 23. The highest BCUT2D eigenvalue weighted by atomic mass is 16.6. The van der Waals surface area contributed by atoms with Gasteiger partial charge in [0.2, 0.25) is 5.91 Å². The molecule has 1 unspecified atom stereocenters. The average molecular weight is 587 g/mol. The summed E-state index contributed by atoms with van der Waals surface area (Å²) in [7, 11) is 0. The highest BCUT2D eigenvalue weighted by Gasteiger charge is 2.40. The largest absolute Gasteiger partial charge is 0.447 e. The number of imide groups is 2. The van der Waals surface area contributed by atoms with Crippen LogP contribution < -0.4 is 0 Å². The van der Waals surface area contributed by atoms with E-state index in [1.165, 1.54) is 96.8 Å². The number of hydrogen-bond donors (Lipinski definition) is 0. The normalized spacial score (nSPS) is 13.4. The third-order valence-electron chi connectivity index (χ3n) is 7.96. The number of hydrogen-bond acceptors (Lipinski definition) is 6. The first-order valence-corrected chi connectivity index (χ1v) is 16.4. The lowest BCUT2D eigenvalue weighted by molar-refractivity contribution is -0.127. The van der Waals surface area contributed by atoms with Crippen LogP contribution in [0.15, 0.2) is 24.3 Å². The lowest BCUT2D eigenvalue weighted by Crippen LogP contribution is -2.47. The molecule has 8 nitrogen and oxygen atoms in total. The predicted molar refractivity (Wildman–Crippen MR) is 166 cm³/mol. The Morgan fingerprint density at radius 3 is 1.60 bits per heavy atom. The molecular weight excluding hydrogens is 532 g/mol. The van der Waals surface area contributed by atoms with Crippen molar-refractivity contribution in [3.05, 3.63) is 35.4 Å². The number of fused-ring (bicyclic) bond motifs is 1. The van der Waals surface area contributed by atoms with Crippen LogP contribution in [-0.4, -0.2) is 66.0 Å². The summed E-state index contributed by atoms with van der Waals surface area (Å²) >= 11 is 0. The van der Waals surface area contributed by atoms with Crippen LogP contribution in [-0.2, 0) is 14.3 Å². The van der Waals surface area contributed by atoms with Crippen LogP contribution in [0.25, 0.3) is 0 Å². The van der Waals surface area contributed by atoms with Crippen LogP contribution in [0.2, 0.25) is 0 Å². The molecule has 1 aromatic carbocycles. The molecule has 4 amide bonds. The molecule has 236 valence electrons. The Balaban J connectivity index is 1.64. The van der Waals surface area contributed by atoms with E-state index in [9.17, 15) is 19.2 Å². The van der Waals surface area contributed by atoms with E-state index in [2.05, 4.69) is 6.92 Å². The average Bonchev–Trinajstić information content (AvgIpc) is 3.23. The molecule has 1 aliphatic heterocycles. The Hall–Kier alpha value is -2.74. The molecule has 0 saturated carbocycles. The third kappa shape index (κ3) is 12.2. The van der Waals surface area contributed by atoms with Gasteiger partial charge in [0.25, 0.3) is 11.8 Å². The first kappa shape index (κ1) is 35.5. The summed E-state index contributed by atoms with van der Waals surface area (Å²) in [5.41, 5.74) is 0.658. The van der Waals surface area contributed by atoms with Crippen LogP contribution >= 0.6 is 0 Å². The van der Waals surface area contributed by atoms with Gasteiger partial charge in [-0.3, -0.25) is 19.3 Å². The Labute approximate surface area is 253 Å². The topological polar surface area (TPSA) is 93.2 Å². The third-order valence-corrected chi connectivity index (χ3v) is 7.96. The molecular formula is C34H54N2O6. The van der Waals surface area contributed by atoms with Crippen LogP contribution in [0.1, 0.15) is 144 Å². The molecule has 0 bridgehead atoms. The highest BCUT2D eigenvalue weighted by Crippen LogP contribution is 2.25. The maximum Gasteiger partial charge on any atom is 0.416 e. The number of carbonyl (C=O) groups excluding carboxylic acids is 4. The van der Waals surface area contributed by atoms with Gasteiger partial charge in [0.05, 0.1) is 23.8 Å². The van der Waals surface area contributed by atoms with Gasteiger partial charge in [-0.05, 0) is 25.5 Å². The Kier molecular flexibility index (Phi) is 17.8. The van der Waals surface area contributed by atoms with E-state index < -0.39 is 29.9 Å². The molecule has 0 aliphatic carbocycles. The zero-order chi connectivity index (χ0) is 30.6. The first-order valence-electron chi connectivity index (χ1n) is 16.4. The van der Waals surface area contributed by atoms with E-state index in [1.807, 2.05) is 0 Å². The van der Waals surface area contributed by atoms with Crippen molar-refractivity contribution in [3.8, 4) is 0 Å². The fourth-order valence-corrected chi connectivity index (χ4v) is 5.43. The zero-order valence-electron chi connectivity index (χ0n) is 26.4. The number of benzene rings is 1. The van der Waals surface area contributed by atoms with Crippen LogP contribution in [0.5, 0.6) is 0 Å². The van der Waals surface area contributed by atoms with Gasteiger partial charge < -0.3 is 9.47 Å². The highest BCUT2D eigenvalue weighted by molar-refractivity contribution is 6.21.